The number of hydrogen-bond acceptors (Lipinski definition) is 6. The lowest BCUT2D eigenvalue weighted by molar-refractivity contribution is -0.393. The molecule has 1 aliphatic rings. The van der Waals surface area contributed by atoms with Crippen LogP contribution in [0.4, 0.5) is 17.1 Å². The van der Waals surface area contributed by atoms with E-state index < -0.39 is 15.5 Å². The van der Waals surface area contributed by atoms with Crippen molar-refractivity contribution >= 4 is 22.8 Å². The predicted molar refractivity (Wildman–Crippen MR) is 109 cm³/mol. The Balaban J connectivity index is 1.75. The Morgan fingerprint density at radius 1 is 0.793 bits per heavy atom. The molecule has 0 amide bonds. The molecule has 144 valence electrons. The maximum Gasteiger partial charge on any atom is 0.301 e. The first kappa shape index (κ1) is 18.3. The number of nitrogens with one attached hydrogen (secondary N) is 1. The summed E-state index contributed by atoms with van der Waals surface area (Å²) in [7, 11) is 0. The van der Waals surface area contributed by atoms with E-state index in [0.717, 1.165) is 34.9 Å². The van der Waals surface area contributed by atoms with E-state index >= 15 is 0 Å². The molecule has 0 unspecified atom stereocenters. The topological polar surface area (TPSA) is 111 Å². The first-order valence-electron chi connectivity index (χ1n) is 8.93. The number of nitro groups is 2. The predicted octanol–water partition coefficient (Wildman–Crippen LogP) is 4.47. The fourth-order valence-electron chi connectivity index (χ4n) is 3.45. The molecule has 8 heteroatoms. The Morgan fingerprint density at radius 2 is 1.45 bits per heavy atom. The highest BCUT2D eigenvalue weighted by Crippen LogP contribution is 2.30. The van der Waals surface area contributed by atoms with Crippen molar-refractivity contribution in [1.29, 1.82) is 0 Å². The highest BCUT2D eigenvalue weighted by atomic mass is 16.6. The van der Waals surface area contributed by atoms with E-state index in [1.807, 2.05) is 42.5 Å². The van der Waals surface area contributed by atoms with Gasteiger partial charge in [0.25, 0.3) is 5.69 Å². The van der Waals surface area contributed by atoms with Crippen LogP contribution in [-0.2, 0) is 12.8 Å². The zero-order chi connectivity index (χ0) is 20.4. The van der Waals surface area contributed by atoms with Gasteiger partial charge in [-0.25, -0.2) is 0 Å². The molecular formula is C21H16N4O4. The van der Waals surface area contributed by atoms with Crippen LogP contribution in [0, 0.1) is 20.2 Å². The van der Waals surface area contributed by atoms with Crippen molar-refractivity contribution in [3.63, 3.8) is 0 Å². The van der Waals surface area contributed by atoms with Gasteiger partial charge in [-0.1, -0.05) is 48.5 Å². The molecule has 0 fully saturated rings. The molecule has 0 radical (unpaired) electrons. The van der Waals surface area contributed by atoms with Crippen LogP contribution < -0.4 is 5.43 Å². The fraction of sp³-hybridized carbons (Fsp3) is 0.0952. The van der Waals surface area contributed by atoms with Crippen molar-refractivity contribution in [3.8, 4) is 0 Å². The van der Waals surface area contributed by atoms with Crippen LogP contribution in [0.25, 0.3) is 0 Å². The molecule has 0 heterocycles. The van der Waals surface area contributed by atoms with Crippen LogP contribution in [0.1, 0.15) is 22.3 Å². The van der Waals surface area contributed by atoms with Crippen molar-refractivity contribution in [2.45, 2.75) is 12.8 Å². The quantitative estimate of drug-likeness (QED) is 0.524. The third-order valence-corrected chi connectivity index (χ3v) is 4.89. The van der Waals surface area contributed by atoms with Crippen molar-refractivity contribution in [1.82, 2.24) is 0 Å². The van der Waals surface area contributed by atoms with Gasteiger partial charge in [0, 0.05) is 18.1 Å². The summed E-state index contributed by atoms with van der Waals surface area (Å²) >= 11 is 0. The van der Waals surface area contributed by atoms with Crippen LogP contribution in [0.15, 0.2) is 71.8 Å². The van der Waals surface area contributed by atoms with Crippen molar-refractivity contribution in [3.05, 3.63) is 109 Å². The SMILES string of the molecule is O=[N+]([O-])c1ccc(N/N=C2\Cc3ccccc3Cc3ccccc32)c([N+](=O)[O-])c1. The van der Waals surface area contributed by atoms with Gasteiger partial charge in [0.05, 0.1) is 21.6 Å². The fourth-order valence-corrected chi connectivity index (χ4v) is 3.45. The first-order chi connectivity index (χ1) is 14.0. The smallest absolute Gasteiger partial charge is 0.271 e. The molecule has 0 aliphatic heterocycles. The van der Waals surface area contributed by atoms with E-state index in [4.69, 9.17) is 0 Å². The Labute approximate surface area is 165 Å². The number of non-ortho nitro benzene ring substituents is 1. The molecule has 0 aromatic heterocycles. The van der Waals surface area contributed by atoms with E-state index in [2.05, 4.69) is 16.6 Å². The summed E-state index contributed by atoms with van der Waals surface area (Å²) in [6, 6.07) is 19.5. The number of benzene rings is 3. The highest BCUT2D eigenvalue weighted by molar-refractivity contribution is 6.04. The molecule has 0 atom stereocenters. The summed E-state index contributed by atoms with van der Waals surface area (Å²) in [4.78, 5) is 21.0. The monoisotopic (exact) mass is 388 g/mol. The zero-order valence-corrected chi connectivity index (χ0v) is 15.2. The van der Waals surface area contributed by atoms with Gasteiger partial charge < -0.3 is 0 Å². The summed E-state index contributed by atoms with van der Waals surface area (Å²) in [5.74, 6) is 0. The minimum absolute atomic E-state index is 0.100. The molecule has 1 aliphatic carbocycles. The molecule has 3 aromatic rings. The summed E-state index contributed by atoms with van der Waals surface area (Å²) in [5, 5.41) is 26.7. The minimum atomic E-state index is -0.666. The minimum Gasteiger partial charge on any atom is -0.271 e. The molecule has 0 bridgehead atoms. The van der Waals surface area contributed by atoms with E-state index in [9.17, 15) is 20.2 Å². The third kappa shape index (κ3) is 3.68. The number of nitrogens with zero attached hydrogens (tertiary/aromatic N) is 3. The molecular weight excluding hydrogens is 372 g/mol. The number of rotatable bonds is 4. The van der Waals surface area contributed by atoms with E-state index in [1.165, 1.54) is 17.7 Å². The molecule has 4 rings (SSSR count). The van der Waals surface area contributed by atoms with Crippen molar-refractivity contribution < 1.29 is 9.85 Å². The highest BCUT2D eigenvalue weighted by Gasteiger charge is 2.21. The number of hydrogen-bond donors (Lipinski definition) is 1. The summed E-state index contributed by atoms with van der Waals surface area (Å²) in [5.41, 5.74) is 7.31. The van der Waals surface area contributed by atoms with Crippen molar-refractivity contribution in [2.75, 3.05) is 5.43 Å². The van der Waals surface area contributed by atoms with E-state index in [-0.39, 0.29) is 11.4 Å². The molecule has 3 aromatic carbocycles. The summed E-state index contributed by atoms with van der Waals surface area (Å²) < 4.78 is 0. The molecule has 0 saturated heterocycles. The van der Waals surface area contributed by atoms with Gasteiger partial charge in [-0.2, -0.15) is 5.10 Å². The van der Waals surface area contributed by atoms with Crippen molar-refractivity contribution in [2.24, 2.45) is 5.10 Å². The summed E-state index contributed by atoms with van der Waals surface area (Å²) in [6.07, 6.45) is 1.35. The molecule has 1 N–H and O–H groups in total. The van der Waals surface area contributed by atoms with Gasteiger partial charge >= 0.3 is 5.69 Å². The van der Waals surface area contributed by atoms with Gasteiger partial charge in [0.1, 0.15) is 5.69 Å². The second-order valence-electron chi connectivity index (χ2n) is 6.67. The van der Waals surface area contributed by atoms with Crippen LogP contribution >= 0.6 is 0 Å². The van der Waals surface area contributed by atoms with Gasteiger partial charge in [0.2, 0.25) is 0 Å². The van der Waals surface area contributed by atoms with Crippen LogP contribution in [0.5, 0.6) is 0 Å². The van der Waals surface area contributed by atoms with Gasteiger partial charge in [-0.15, -0.1) is 0 Å². The molecule has 8 nitrogen and oxygen atoms in total. The normalized spacial score (nSPS) is 13.9. The number of fused-ring (bicyclic) bond motifs is 2. The number of hydrazone groups is 1. The lowest BCUT2D eigenvalue weighted by atomic mass is 10.0. The molecule has 0 saturated carbocycles. The average molecular weight is 388 g/mol. The number of nitro benzene ring substituents is 2. The second-order valence-corrected chi connectivity index (χ2v) is 6.67. The standard InChI is InChI=1S/C21H16N4O4/c26-24(27)17-9-10-19(21(13-17)25(28)29)22-23-20-12-15-6-2-1-5-14(15)11-16-7-3-4-8-18(16)20/h1-10,13,22H,11-12H2/b23-20+. The van der Waals surface area contributed by atoms with Crippen LogP contribution in [0.3, 0.4) is 0 Å². The Hall–Kier alpha value is -4.07. The van der Waals surface area contributed by atoms with Crippen LogP contribution in [-0.4, -0.2) is 15.6 Å². The first-order valence-corrected chi connectivity index (χ1v) is 8.93. The second kappa shape index (κ2) is 7.51. The van der Waals surface area contributed by atoms with Crippen LogP contribution in [0.2, 0.25) is 0 Å². The van der Waals surface area contributed by atoms with E-state index in [1.54, 1.807) is 0 Å². The molecule has 0 spiro atoms. The third-order valence-electron chi connectivity index (χ3n) is 4.89. The van der Waals surface area contributed by atoms with Gasteiger partial charge in [0.15, 0.2) is 0 Å². The zero-order valence-electron chi connectivity index (χ0n) is 15.2. The maximum absolute atomic E-state index is 11.4. The lowest BCUT2D eigenvalue weighted by Crippen LogP contribution is -2.09. The Morgan fingerprint density at radius 3 is 2.14 bits per heavy atom. The number of anilines is 1. The Bertz CT molecular complexity index is 1160. The Kier molecular flexibility index (Phi) is 4.74. The molecule has 29 heavy (non-hydrogen) atoms. The van der Waals surface area contributed by atoms with E-state index in [0.29, 0.717) is 6.42 Å². The maximum atomic E-state index is 11.4. The van der Waals surface area contributed by atoms with Gasteiger partial charge in [-0.05, 0) is 29.2 Å². The lowest BCUT2D eigenvalue weighted by Gasteiger charge is -2.09. The average Bonchev–Trinajstić information content (AvgIpc) is 2.88. The van der Waals surface area contributed by atoms with Gasteiger partial charge in [-0.3, -0.25) is 25.7 Å². The largest absolute Gasteiger partial charge is 0.301 e. The summed E-state index contributed by atoms with van der Waals surface area (Å²) in [6.45, 7) is 0.